The van der Waals surface area contributed by atoms with Crippen LogP contribution in [-0.2, 0) is 10.8 Å². The van der Waals surface area contributed by atoms with Crippen molar-refractivity contribution in [1.29, 1.82) is 0 Å². The normalized spacial score (nSPS) is 39.6. The lowest BCUT2D eigenvalue weighted by Crippen LogP contribution is -2.32. The van der Waals surface area contributed by atoms with Crippen molar-refractivity contribution >= 4 is 10.8 Å². The minimum Gasteiger partial charge on any atom is -0.327 e. The SMILES string of the molecule is N[C@@H]1CCCS(=O)C1. The van der Waals surface area contributed by atoms with Crippen molar-refractivity contribution in [2.45, 2.75) is 18.9 Å². The van der Waals surface area contributed by atoms with Gasteiger partial charge in [-0.2, -0.15) is 0 Å². The molecule has 0 spiro atoms. The molecular formula is C5H11NOS. The number of hydrogen-bond donors (Lipinski definition) is 1. The highest BCUT2D eigenvalue weighted by Gasteiger charge is 2.13. The second-order valence-corrected chi connectivity index (χ2v) is 3.83. The molecule has 1 heterocycles. The Hall–Kier alpha value is 0.110. The summed E-state index contributed by atoms with van der Waals surface area (Å²) in [5, 5.41) is 0. The van der Waals surface area contributed by atoms with Gasteiger partial charge in [-0.25, -0.2) is 0 Å². The van der Waals surface area contributed by atoms with E-state index in [0.29, 0.717) is 0 Å². The van der Waals surface area contributed by atoms with Gasteiger partial charge >= 0.3 is 0 Å². The third-order valence-corrected chi connectivity index (χ3v) is 2.89. The van der Waals surface area contributed by atoms with E-state index in [9.17, 15) is 4.21 Å². The van der Waals surface area contributed by atoms with Crippen LogP contribution in [0.15, 0.2) is 0 Å². The summed E-state index contributed by atoms with van der Waals surface area (Å²) in [4.78, 5) is 0. The minimum absolute atomic E-state index is 0.213. The Morgan fingerprint density at radius 2 is 2.38 bits per heavy atom. The zero-order valence-electron chi connectivity index (χ0n) is 4.80. The van der Waals surface area contributed by atoms with Crippen molar-refractivity contribution < 1.29 is 4.21 Å². The molecule has 1 unspecified atom stereocenters. The highest BCUT2D eigenvalue weighted by Crippen LogP contribution is 2.05. The predicted octanol–water partition coefficient (Wildman–Crippen LogP) is -0.144. The van der Waals surface area contributed by atoms with Crippen LogP contribution in [0.1, 0.15) is 12.8 Å². The average molecular weight is 133 g/mol. The topological polar surface area (TPSA) is 43.1 Å². The molecule has 2 atom stereocenters. The van der Waals surface area contributed by atoms with Gasteiger partial charge < -0.3 is 5.73 Å². The van der Waals surface area contributed by atoms with Gasteiger partial charge in [0.15, 0.2) is 0 Å². The van der Waals surface area contributed by atoms with Gasteiger partial charge in [-0.3, -0.25) is 4.21 Å². The van der Waals surface area contributed by atoms with Gasteiger partial charge in [0.2, 0.25) is 0 Å². The summed E-state index contributed by atoms with van der Waals surface area (Å²) in [7, 11) is -0.595. The van der Waals surface area contributed by atoms with Crippen LogP contribution in [0.5, 0.6) is 0 Å². The fourth-order valence-electron chi connectivity index (χ4n) is 0.912. The Morgan fingerprint density at radius 3 is 2.75 bits per heavy atom. The molecule has 1 aliphatic rings. The van der Waals surface area contributed by atoms with E-state index in [0.717, 1.165) is 24.3 Å². The van der Waals surface area contributed by atoms with Crippen LogP contribution in [0.4, 0.5) is 0 Å². The maximum absolute atomic E-state index is 10.7. The molecule has 0 amide bonds. The number of nitrogens with two attached hydrogens (primary N) is 1. The highest BCUT2D eigenvalue weighted by atomic mass is 32.2. The summed E-state index contributed by atoms with van der Waals surface area (Å²) in [5.74, 6) is 1.59. The Balaban J connectivity index is 2.34. The van der Waals surface area contributed by atoms with Crippen molar-refractivity contribution in [1.82, 2.24) is 0 Å². The van der Waals surface area contributed by atoms with Crippen LogP contribution in [-0.4, -0.2) is 21.8 Å². The molecule has 0 aliphatic carbocycles. The molecule has 0 aromatic heterocycles. The van der Waals surface area contributed by atoms with E-state index in [2.05, 4.69) is 0 Å². The average Bonchev–Trinajstić information content (AvgIpc) is 1.64. The van der Waals surface area contributed by atoms with Crippen LogP contribution in [0.2, 0.25) is 0 Å². The molecule has 2 N–H and O–H groups in total. The van der Waals surface area contributed by atoms with Gasteiger partial charge in [0, 0.05) is 28.3 Å². The molecule has 1 aliphatic heterocycles. The largest absolute Gasteiger partial charge is 0.327 e. The summed E-state index contributed by atoms with van der Waals surface area (Å²) in [6.07, 6.45) is 2.11. The van der Waals surface area contributed by atoms with E-state index in [1.54, 1.807) is 0 Å². The van der Waals surface area contributed by atoms with Gasteiger partial charge in [-0.1, -0.05) is 0 Å². The van der Waals surface area contributed by atoms with Crippen molar-refractivity contribution in [3.8, 4) is 0 Å². The van der Waals surface area contributed by atoms with Crippen LogP contribution in [0.3, 0.4) is 0 Å². The summed E-state index contributed by atoms with van der Waals surface area (Å²) in [6.45, 7) is 0. The monoisotopic (exact) mass is 133 g/mol. The van der Waals surface area contributed by atoms with E-state index in [-0.39, 0.29) is 6.04 Å². The van der Waals surface area contributed by atoms with Crippen LogP contribution in [0.25, 0.3) is 0 Å². The van der Waals surface area contributed by atoms with E-state index in [1.165, 1.54) is 0 Å². The first kappa shape index (κ1) is 6.23. The molecule has 0 saturated carbocycles. The highest BCUT2D eigenvalue weighted by molar-refractivity contribution is 7.85. The summed E-state index contributed by atoms with van der Waals surface area (Å²) in [6, 6.07) is 0.213. The fraction of sp³-hybridized carbons (Fsp3) is 1.00. The molecule has 0 bridgehead atoms. The van der Waals surface area contributed by atoms with Gasteiger partial charge in [0.1, 0.15) is 0 Å². The first-order valence-electron chi connectivity index (χ1n) is 2.89. The first-order valence-corrected chi connectivity index (χ1v) is 4.38. The molecular weight excluding hydrogens is 122 g/mol. The fourth-order valence-corrected chi connectivity index (χ4v) is 2.21. The van der Waals surface area contributed by atoms with Crippen molar-refractivity contribution in [3.63, 3.8) is 0 Å². The lowest BCUT2D eigenvalue weighted by molar-refractivity contribution is 0.611. The molecule has 8 heavy (non-hydrogen) atoms. The smallest absolute Gasteiger partial charge is 0.0386 e. The van der Waals surface area contributed by atoms with Crippen LogP contribution < -0.4 is 5.73 Å². The van der Waals surface area contributed by atoms with Crippen molar-refractivity contribution in [2.24, 2.45) is 5.73 Å². The van der Waals surface area contributed by atoms with E-state index < -0.39 is 10.8 Å². The Bertz CT molecular complexity index is 105. The van der Waals surface area contributed by atoms with Gasteiger partial charge in [-0.05, 0) is 12.8 Å². The molecule has 1 fully saturated rings. The Kier molecular flexibility index (Phi) is 2.02. The Labute approximate surface area is 51.9 Å². The number of rotatable bonds is 0. The molecule has 1 saturated heterocycles. The van der Waals surface area contributed by atoms with E-state index in [4.69, 9.17) is 5.73 Å². The predicted molar refractivity (Wildman–Crippen MR) is 35.1 cm³/mol. The van der Waals surface area contributed by atoms with E-state index >= 15 is 0 Å². The molecule has 48 valence electrons. The molecule has 1 rings (SSSR count). The van der Waals surface area contributed by atoms with Crippen LogP contribution in [0, 0.1) is 0 Å². The lowest BCUT2D eigenvalue weighted by Gasteiger charge is -2.15. The van der Waals surface area contributed by atoms with E-state index in [1.807, 2.05) is 0 Å². The lowest BCUT2D eigenvalue weighted by atomic mass is 10.2. The molecule has 0 aromatic carbocycles. The molecule has 0 aromatic rings. The second kappa shape index (κ2) is 2.60. The third-order valence-electron chi connectivity index (χ3n) is 1.35. The number of hydrogen-bond acceptors (Lipinski definition) is 2. The summed E-state index contributed by atoms with van der Waals surface area (Å²) < 4.78 is 10.7. The maximum atomic E-state index is 10.7. The van der Waals surface area contributed by atoms with Gasteiger partial charge in [0.05, 0.1) is 0 Å². The van der Waals surface area contributed by atoms with Crippen molar-refractivity contribution in [3.05, 3.63) is 0 Å². The molecule has 0 radical (unpaired) electrons. The van der Waals surface area contributed by atoms with Crippen molar-refractivity contribution in [2.75, 3.05) is 11.5 Å². The second-order valence-electron chi connectivity index (χ2n) is 2.21. The van der Waals surface area contributed by atoms with Crippen LogP contribution >= 0.6 is 0 Å². The standard InChI is InChI=1S/C5H11NOS/c6-5-2-1-3-8(7)4-5/h5H,1-4,6H2/t5-,8?/m1/s1. The van der Waals surface area contributed by atoms with Gasteiger partial charge in [0.25, 0.3) is 0 Å². The first-order chi connectivity index (χ1) is 3.79. The third kappa shape index (κ3) is 1.56. The van der Waals surface area contributed by atoms with Gasteiger partial charge in [-0.15, -0.1) is 0 Å². The molecule has 2 nitrogen and oxygen atoms in total. The Morgan fingerprint density at radius 1 is 1.62 bits per heavy atom. The summed E-state index contributed by atoms with van der Waals surface area (Å²) in [5.41, 5.74) is 5.53. The summed E-state index contributed by atoms with van der Waals surface area (Å²) >= 11 is 0. The molecule has 3 heteroatoms. The quantitative estimate of drug-likeness (QED) is 0.499. The maximum Gasteiger partial charge on any atom is 0.0386 e. The zero-order valence-corrected chi connectivity index (χ0v) is 5.62. The minimum atomic E-state index is -0.595. The zero-order chi connectivity index (χ0) is 5.98.